The second kappa shape index (κ2) is 5.49. The van der Waals surface area contributed by atoms with Gasteiger partial charge in [0.1, 0.15) is 0 Å². The van der Waals surface area contributed by atoms with Crippen LogP contribution in [0.1, 0.15) is 35.6 Å². The third kappa shape index (κ3) is 2.42. The number of likely N-dealkylation sites (tertiary alicyclic amines) is 1. The number of hydrogen-bond acceptors (Lipinski definition) is 1. The quantitative estimate of drug-likeness (QED) is 0.790. The SMILES string of the molecule is CC[C@]1(c2cc(C)cc(C)c2)[C@@H]2CN(Cc3ccccc3)C[C@@H]21. The molecule has 0 unspecified atom stereocenters. The van der Waals surface area contributed by atoms with Crippen LogP contribution in [-0.4, -0.2) is 18.0 Å². The molecule has 1 saturated heterocycles. The van der Waals surface area contributed by atoms with Gasteiger partial charge in [-0.3, -0.25) is 4.90 Å². The van der Waals surface area contributed by atoms with Crippen molar-refractivity contribution in [2.24, 2.45) is 11.8 Å². The van der Waals surface area contributed by atoms with Crippen molar-refractivity contribution >= 4 is 0 Å². The third-order valence-corrected chi connectivity index (χ3v) is 6.20. The Labute approximate surface area is 140 Å². The van der Waals surface area contributed by atoms with Crippen LogP contribution < -0.4 is 0 Å². The van der Waals surface area contributed by atoms with Gasteiger partial charge in [-0.05, 0) is 43.2 Å². The number of hydrogen-bond donors (Lipinski definition) is 0. The van der Waals surface area contributed by atoms with E-state index in [1.165, 1.54) is 36.2 Å². The van der Waals surface area contributed by atoms with E-state index in [-0.39, 0.29) is 0 Å². The van der Waals surface area contributed by atoms with Gasteiger partial charge in [-0.15, -0.1) is 0 Å². The first-order chi connectivity index (χ1) is 11.1. The first-order valence-corrected chi connectivity index (χ1v) is 8.98. The molecule has 3 atom stereocenters. The zero-order chi connectivity index (χ0) is 16.0. The molecule has 0 aromatic heterocycles. The molecular weight excluding hydrogens is 278 g/mol. The zero-order valence-electron chi connectivity index (χ0n) is 14.5. The van der Waals surface area contributed by atoms with E-state index in [1.54, 1.807) is 5.56 Å². The summed E-state index contributed by atoms with van der Waals surface area (Å²) in [5.74, 6) is 1.72. The molecule has 0 bridgehead atoms. The molecule has 1 saturated carbocycles. The molecule has 1 nitrogen and oxygen atoms in total. The van der Waals surface area contributed by atoms with Gasteiger partial charge in [0, 0.05) is 25.0 Å². The lowest BCUT2D eigenvalue weighted by Gasteiger charge is -2.27. The van der Waals surface area contributed by atoms with E-state index in [0.717, 1.165) is 18.4 Å². The largest absolute Gasteiger partial charge is 0.298 e. The lowest BCUT2D eigenvalue weighted by molar-refractivity contribution is 0.262. The normalized spacial score (nSPS) is 29.5. The van der Waals surface area contributed by atoms with Crippen LogP contribution in [-0.2, 0) is 12.0 Å². The molecule has 2 fully saturated rings. The average Bonchev–Trinajstić information content (AvgIpc) is 2.92. The van der Waals surface area contributed by atoms with Gasteiger partial charge < -0.3 is 0 Å². The second-order valence-electron chi connectivity index (χ2n) is 7.66. The van der Waals surface area contributed by atoms with Crippen molar-refractivity contribution in [1.29, 1.82) is 0 Å². The van der Waals surface area contributed by atoms with Crippen LogP contribution in [0.15, 0.2) is 48.5 Å². The Bertz CT molecular complexity index is 671. The maximum Gasteiger partial charge on any atom is 0.0233 e. The maximum atomic E-state index is 2.65. The molecule has 1 aliphatic heterocycles. The third-order valence-electron chi connectivity index (χ3n) is 6.20. The van der Waals surface area contributed by atoms with Crippen molar-refractivity contribution in [2.45, 2.75) is 39.2 Å². The summed E-state index contributed by atoms with van der Waals surface area (Å²) in [5.41, 5.74) is 6.34. The summed E-state index contributed by atoms with van der Waals surface area (Å²) >= 11 is 0. The zero-order valence-corrected chi connectivity index (χ0v) is 14.5. The molecule has 120 valence electrons. The molecular formula is C22H27N. The highest BCUT2D eigenvalue weighted by molar-refractivity contribution is 5.42. The van der Waals surface area contributed by atoms with Crippen LogP contribution in [0.4, 0.5) is 0 Å². The van der Waals surface area contributed by atoms with Crippen molar-refractivity contribution in [3.05, 3.63) is 70.8 Å². The fraction of sp³-hybridized carbons (Fsp3) is 0.455. The molecule has 0 radical (unpaired) electrons. The van der Waals surface area contributed by atoms with Gasteiger partial charge in [-0.1, -0.05) is 66.6 Å². The smallest absolute Gasteiger partial charge is 0.0233 e. The molecule has 0 N–H and O–H groups in total. The Morgan fingerprint density at radius 3 is 2.13 bits per heavy atom. The second-order valence-corrected chi connectivity index (χ2v) is 7.66. The Balaban J connectivity index is 1.51. The summed E-state index contributed by atoms with van der Waals surface area (Å²) in [6, 6.07) is 18.1. The molecule has 1 heterocycles. The molecule has 2 aromatic carbocycles. The predicted molar refractivity (Wildman–Crippen MR) is 96.6 cm³/mol. The van der Waals surface area contributed by atoms with Crippen LogP contribution in [0.2, 0.25) is 0 Å². The monoisotopic (exact) mass is 305 g/mol. The van der Waals surface area contributed by atoms with E-state index in [0.29, 0.717) is 5.41 Å². The van der Waals surface area contributed by atoms with Gasteiger partial charge >= 0.3 is 0 Å². The number of fused-ring (bicyclic) bond motifs is 1. The van der Waals surface area contributed by atoms with E-state index in [2.05, 4.69) is 74.2 Å². The lowest BCUT2D eigenvalue weighted by Crippen LogP contribution is -2.29. The van der Waals surface area contributed by atoms with Gasteiger partial charge in [0.15, 0.2) is 0 Å². The summed E-state index contributed by atoms with van der Waals surface area (Å²) in [4.78, 5) is 2.65. The van der Waals surface area contributed by atoms with E-state index < -0.39 is 0 Å². The molecule has 23 heavy (non-hydrogen) atoms. The van der Waals surface area contributed by atoms with Crippen molar-refractivity contribution in [1.82, 2.24) is 4.90 Å². The van der Waals surface area contributed by atoms with Crippen molar-refractivity contribution in [2.75, 3.05) is 13.1 Å². The summed E-state index contributed by atoms with van der Waals surface area (Å²) in [6.45, 7) is 10.5. The molecule has 1 heteroatoms. The molecule has 1 aliphatic carbocycles. The fourth-order valence-electron chi connectivity index (χ4n) is 5.19. The van der Waals surface area contributed by atoms with E-state index >= 15 is 0 Å². The van der Waals surface area contributed by atoms with Gasteiger partial charge in [-0.2, -0.15) is 0 Å². The number of aryl methyl sites for hydroxylation is 2. The van der Waals surface area contributed by atoms with E-state index in [4.69, 9.17) is 0 Å². The van der Waals surface area contributed by atoms with E-state index in [9.17, 15) is 0 Å². The first kappa shape index (κ1) is 15.0. The highest BCUT2D eigenvalue weighted by Gasteiger charge is 2.67. The minimum atomic E-state index is 0.462. The van der Waals surface area contributed by atoms with Crippen LogP contribution in [0.3, 0.4) is 0 Å². The predicted octanol–water partition coefficient (Wildman–Crippen LogP) is 4.71. The van der Waals surface area contributed by atoms with Gasteiger partial charge in [0.05, 0.1) is 0 Å². The van der Waals surface area contributed by atoms with Crippen molar-refractivity contribution in [3.63, 3.8) is 0 Å². The first-order valence-electron chi connectivity index (χ1n) is 8.98. The topological polar surface area (TPSA) is 3.24 Å². The van der Waals surface area contributed by atoms with Gasteiger partial charge in [0.25, 0.3) is 0 Å². The number of piperidine rings is 1. The minimum Gasteiger partial charge on any atom is -0.298 e. The fourth-order valence-corrected chi connectivity index (χ4v) is 5.19. The highest BCUT2D eigenvalue weighted by atomic mass is 15.2. The van der Waals surface area contributed by atoms with Crippen molar-refractivity contribution in [3.8, 4) is 0 Å². The van der Waals surface area contributed by atoms with Gasteiger partial charge in [0.2, 0.25) is 0 Å². The van der Waals surface area contributed by atoms with Crippen molar-refractivity contribution < 1.29 is 0 Å². The molecule has 2 aromatic rings. The minimum absolute atomic E-state index is 0.462. The standard InChI is InChI=1S/C22H27N/c1-4-22(19-11-16(2)10-17(3)12-19)20-14-23(15-21(20)22)13-18-8-6-5-7-9-18/h5-12,20-21H,4,13-15H2,1-3H3/t20-,21+,22+. The van der Waals surface area contributed by atoms with Crippen LogP contribution in [0.5, 0.6) is 0 Å². The number of rotatable bonds is 4. The molecule has 0 amide bonds. The van der Waals surface area contributed by atoms with Crippen LogP contribution in [0, 0.1) is 25.7 Å². The molecule has 2 aliphatic rings. The summed E-state index contributed by atoms with van der Waals surface area (Å²) in [7, 11) is 0. The van der Waals surface area contributed by atoms with Crippen LogP contribution >= 0.6 is 0 Å². The Hall–Kier alpha value is -1.60. The van der Waals surface area contributed by atoms with Gasteiger partial charge in [-0.25, -0.2) is 0 Å². The highest BCUT2D eigenvalue weighted by Crippen LogP contribution is 2.65. The van der Waals surface area contributed by atoms with E-state index in [1.807, 2.05) is 0 Å². The number of benzene rings is 2. The Morgan fingerprint density at radius 2 is 1.57 bits per heavy atom. The summed E-state index contributed by atoms with van der Waals surface area (Å²) in [5, 5.41) is 0. The lowest BCUT2D eigenvalue weighted by atomic mass is 9.85. The number of nitrogens with zero attached hydrogens (tertiary/aromatic N) is 1. The maximum absolute atomic E-state index is 2.65. The Morgan fingerprint density at radius 1 is 0.957 bits per heavy atom. The summed E-state index contributed by atoms with van der Waals surface area (Å²) < 4.78 is 0. The average molecular weight is 305 g/mol. The van der Waals surface area contributed by atoms with Crippen LogP contribution in [0.25, 0.3) is 0 Å². The summed E-state index contributed by atoms with van der Waals surface area (Å²) in [6.07, 6.45) is 1.28. The Kier molecular flexibility index (Phi) is 3.57. The molecule has 0 spiro atoms. The molecule has 4 rings (SSSR count).